The molecule has 0 atom stereocenters. The average Bonchev–Trinajstić information content (AvgIpc) is 2.02. The van der Waals surface area contributed by atoms with E-state index in [0.717, 1.165) is 5.75 Å². The first-order valence-electron chi connectivity index (χ1n) is 4.71. The molecule has 0 fully saturated rings. The number of hydrogen-bond donors (Lipinski definition) is 0. The summed E-state index contributed by atoms with van der Waals surface area (Å²) in [7, 11) is 0.995. The molecule has 0 amide bonds. The molecule has 2 heteroatoms. The first-order chi connectivity index (χ1) is 6.06. The second-order valence-electron chi connectivity index (χ2n) is 3.86. The predicted molar refractivity (Wildman–Crippen MR) is 61.0 cm³/mol. The van der Waals surface area contributed by atoms with Crippen molar-refractivity contribution in [3.63, 3.8) is 0 Å². The van der Waals surface area contributed by atoms with Crippen LogP contribution < -0.4 is 9.92 Å². The molecular formula is C11H18OSi. The summed E-state index contributed by atoms with van der Waals surface area (Å²) >= 11 is 0. The molecule has 0 bridgehead atoms. The monoisotopic (exact) mass is 194 g/mol. The minimum absolute atomic E-state index is 0.767. The molecule has 0 aliphatic carbocycles. The van der Waals surface area contributed by atoms with Gasteiger partial charge in [-0.3, -0.25) is 0 Å². The number of rotatable bonds is 2. The Labute approximate surface area is 82.3 Å². The van der Waals surface area contributed by atoms with Crippen molar-refractivity contribution in [3.05, 3.63) is 23.3 Å². The second-order valence-corrected chi connectivity index (χ2v) is 6.79. The van der Waals surface area contributed by atoms with E-state index in [2.05, 4.69) is 39.1 Å². The van der Waals surface area contributed by atoms with Crippen molar-refractivity contribution in [3.8, 4) is 5.75 Å². The van der Waals surface area contributed by atoms with E-state index in [9.17, 15) is 0 Å². The molecule has 1 rings (SSSR count). The summed E-state index contributed by atoms with van der Waals surface area (Å²) in [6.07, 6.45) is 0. The molecule has 13 heavy (non-hydrogen) atoms. The maximum absolute atomic E-state index is 5.43. The Balaban J connectivity index is 3.29. The van der Waals surface area contributed by atoms with E-state index in [1.54, 1.807) is 7.11 Å². The SMILES string of the molecule is COc1c(C)cc(C)cc1[SiH](C)C. The van der Waals surface area contributed by atoms with Gasteiger partial charge in [0, 0.05) is 0 Å². The number of aryl methyl sites for hydroxylation is 2. The van der Waals surface area contributed by atoms with Crippen molar-refractivity contribution < 1.29 is 4.74 Å². The van der Waals surface area contributed by atoms with Crippen molar-refractivity contribution in [1.82, 2.24) is 0 Å². The van der Waals surface area contributed by atoms with E-state index in [4.69, 9.17) is 4.74 Å². The van der Waals surface area contributed by atoms with Gasteiger partial charge in [-0.25, -0.2) is 0 Å². The minimum Gasteiger partial charge on any atom is -0.497 e. The molecule has 1 aromatic carbocycles. The molecule has 0 aliphatic rings. The van der Waals surface area contributed by atoms with Crippen LogP contribution in [0.3, 0.4) is 0 Å². The molecule has 1 nitrogen and oxygen atoms in total. The maximum atomic E-state index is 5.43. The quantitative estimate of drug-likeness (QED) is 0.654. The third-order valence-electron chi connectivity index (χ3n) is 2.27. The Morgan fingerprint density at radius 2 is 1.77 bits per heavy atom. The van der Waals surface area contributed by atoms with Crippen LogP contribution in [0.5, 0.6) is 5.75 Å². The van der Waals surface area contributed by atoms with Crippen LogP contribution in [-0.4, -0.2) is 15.9 Å². The summed E-state index contributed by atoms with van der Waals surface area (Å²) in [6, 6.07) is 4.45. The van der Waals surface area contributed by atoms with Crippen LogP contribution in [0.4, 0.5) is 0 Å². The van der Waals surface area contributed by atoms with Crippen molar-refractivity contribution >= 4 is 14.0 Å². The average molecular weight is 194 g/mol. The van der Waals surface area contributed by atoms with Gasteiger partial charge in [0.1, 0.15) is 5.75 Å². The summed E-state index contributed by atoms with van der Waals surface area (Å²) in [5.74, 6) is 1.10. The third kappa shape index (κ3) is 2.13. The van der Waals surface area contributed by atoms with Gasteiger partial charge in [0.15, 0.2) is 0 Å². The Hall–Kier alpha value is -0.763. The highest BCUT2D eigenvalue weighted by molar-refractivity contribution is 6.71. The molecule has 0 heterocycles. The summed E-state index contributed by atoms with van der Waals surface area (Å²) in [4.78, 5) is 0. The second kappa shape index (κ2) is 3.96. The van der Waals surface area contributed by atoms with Crippen molar-refractivity contribution in [2.45, 2.75) is 26.9 Å². The molecule has 0 unspecified atom stereocenters. The fourth-order valence-corrected chi connectivity index (χ4v) is 3.16. The number of methoxy groups -OCH3 is 1. The lowest BCUT2D eigenvalue weighted by Gasteiger charge is -2.14. The molecular weight excluding hydrogens is 176 g/mol. The largest absolute Gasteiger partial charge is 0.497 e. The Morgan fingerprint density at radius 3 is 2.23 bits per heavy atom. The van der Waals surface area contributed by atoms with Crippen LogP contribution in [0.1, 0.15) is 11.1 Å². The Kier molecular flexibility index (Phi) is 3.15. The van der Waals surface area contributed by atoms with Gasteiger partial charge < -0.3 is 4.74 Å². The summed E-state index contributed by atoms with van der Waals surface area (Å²) in [5.41, 5.74) is 2.60. The first kappa shape index (κ1) is 10.3. The van der Waals surface area contributed by atoms with Gasteiger partial charge >= 0.3 is 0 Å². The van der Waals surface area contributed by atoms with Gasteiger partial charge in [-0.1, -0.05) is 30.8 Å². The predicted octanol–water partition coefficient (Wildman–Crippen LogP) is 2.01. The van der Waals surface area contributed by atoms with E-state index in [-0.39, 0.29) is 0 Å². The highest BCUT2D eigenvalue weighted by Crippen LogP contribution is 2.17. The lowest BCUT2D eigenvalue weighted by Crippen LogP contribution is -2.25. The van der Waals surface area contributed by atoms with Gasteiger partial charge in [-0.2, -0.15) is 0 Å². The van der Waals surface area contributed by atoms with Crippen LogP contribution in [-0.2, 0) is 0 Å². The van der Waals surface area contributed by atoms with Crippen LogP contribution in [0, 0.1) is 13.8 Å². The maximum Gasteiger partial charge on any atom is 0.120 e. The number of benzene rings is 1. The lowest BCUT2D eigenvalue weighted by molar-refractivity contribution is 0.415. The Morgan fingerprint density at radius 1 is 1.15 bits per heavy atom. The zero-order valence-electron chi connectivity index (χ0n) is 9.14. The van der Waals surface area contributed by atoms with Crippen molar-refractivity contribution in [1.29, 1.82) is 0 Å². The smallest absolute Gasteiger partial charge is 0.120 e. The molecule has 0 aliphatic heterocycles. The van der Waals surface area contributed by atoms with Gasteiger partial charge in [-0.05, 0) is 24.6 Å². The fraction of sp³-hybridized carbons (Fsp3) is 0.455. The Bertz CT molecular complexity index is 305. The van der Waals surface area contributed by atoms with Crippen LogP contribution in [0.25, 0.3) is 0 Å². The third-order valence-corrected chi connectivity index (χ3v) is 3.95. The van der Waals surface area contributed by atoms with E-state index in [1.807, 2.05) is 0 Å². The number of ether oxygens (including phenoxy) is 1. The zero-order valence-corrected chi connectivity index (χ0v) is 10.3. The minimum atomic E-state index is -0.767. The molecule has 0 spiro atoms. The van der Waals surface area contributed by atoms with Gasteiger partial charge in [0.25, 0.3) is 0 Å². The lowest BCUT2D eigenvalue weighted by atomic mass is 10.1. The van der Waals surface area contributed by atoms with E-state index in [0.29, 0.717) is 0 Å². The summed E-state index contributed by atoms with van der Waals surface area (Å²) < 4.78 is 5.43. The van der Waals surface area contributed by atoms with Crippen LogP contribution in [0.2, 0.25) is 13.1 Å². The summed E-state index contributed by atoms with van der Waals surface area (Å²) in [6.45, 7) is 8.92. The van der Waals surface area contributed by atoms with Crippen LogP contribution >= 0.6 is 0 Å². The fourth-order valence-electron chi connectivity index (χ4n) is 1.69. The highest BCUT2D eigenvalue weighted by Gasteiger charge is 2.10. The highest BCUT2D eigenvalue weighted by atomic mass is 28.3. The molecule has 0 saturated heterocycles. The van der Waals surface area contributed by atoms with Gasteiger partial charge in [-0.15, -0.1) is 0 Å². The number of hydrogen-bond acceptors (Lipinski definition) is 1. The van der Waals surface area contributed by atoms with Gasteiger partial charge in [0.2, 0.25) is 0 Å². The first-order valence-corrected chi connectivity index (χ1v) is 7.60. The van der Waals surface area contributed by atoms with Gasteiger partial charge in [0.05, 0.1) is 15.9 Å². The van der Waals surface area contributed by atoms with Crippen molar-refractivity contribution in [2.24, 2.45) is 0 Å². The standard InChI is InChI=1S/C11H18OSi/c1-8-6-9(2)11(12-3)10(7-8)13(4)5/h6-7,13H,1-5H3. The normalized spacial score (nSPS) is 10.6. The van der Waals surface area contributed by atoms with Crippen LogP contribution in [0.15, 0.2) is 12.1 Å². The molecule has 72 valence electrons. The molecule has 0 saturated carbocycles. The molecule has 1 aromatic rings. The van der Waals surface area contributed by atoms with E-state index in [1.165, 1.54) is 16.3 Å². The van der Waals surface area contributed by atoms with E-state index >= 15 is 0 Å². The topological polar surface area (TPSA) is 9.23 Å². The zero-order chi connectivity index (χ0) is 10.0. The molecule has 0 N–H and O–H groups in total. The molecule has 0 radical (unpaired) electrons. The molecule has 0 aromatic heterocycles. The van der Waals surface area contributed by atoms with E-state index < -0.39 is 8.80 Å². The summed E-state index contributed by atoms with van der Waals surface area (Å²) in [5, 5.41) is 1.44. The van der Waals surface area contributed by atoms with Crippen molar-refractivity contribution in [2.75, 3.05) is 7.11 Å².